The Labute approximate surface area is 101 Å². The number of rotatable bonds is 4. The van der Waals surface area contributed by atoms with Gasteiger partial charge in [0.2, 0.25) is 0 Å². The van der Waals surface area contributed by atoms with Crippen LogP contribution in [0.4, 0.5) is 13.2 Å². The lowest BCUT2D eigenvalue weighted by atomic mass is 10.1. The topological polar surface area (TPSA) is 46.5 Å². The molecule has 1 fully saturated rings. The first-order chi connectivity index (χ1) is 8.36. The van der Waals surface area contributed by atoms with Gasteiger partial charge >= 0.3 is 12.1 Å². The SMILES string of the molecule is O=C(O)c1cc(OCC2CC2)cc(C(F)(F)F)c1. The summed E-state index contributed by atoms with van der Waals surface area (Å²) in [6, 6.07) is 2.54. The summed E-state index contributed by atoms with van der Waals surface area (Å²) in [6.07, 6.45) is -2.57. The lowest BCUT2D eigenvalue weighted by Gasteiger charge is -2.11. The average molecular weight is 260 g/mol. The van der Waals surface area contributed by atoms with Gasteiger partial charge in [-0.15, -0.1) is 0 Å². The van der Waals surface area contributed by atoms with Crippen molar-refractivity contribution in [3.8, 4) is 5.75 Å². The van der Waals surface area contributed by atoms with Gasteiger partial charge in [-0.05, 0) is 37.0 Å². The molecule has 2 rings (SSSR count). The third-order valence-electron chi connectivity index (χ3n) is 2.66. The molecular weight excluding hydrogens is 249 g/mol. The maximum absolute atomic E-state index is 12.6. The first-order valence-corrected chi connectivity index (χ1v) is 5.44. The summed E-state index contributed by atoms with van der Waals surface area (Å²) < 4.78 is 42.9. The summed E-state index contributed by atoms with van der Waals surface area (Å²) in [4.78, 5) is 10.8. The van der Waals surface area contributed by atoms with Gasteiger partial charge in [0.15, 0.2) is 0 Å². The van der Waals surface area contributed by atoms with Gasteiger partial charge < -0.3 is 9.84 Å². The molecule has 0 saturated heterocycles. The molecule has 0 aliphatic heterocycles. The Bertz CT molecular complexity index is 464. The van der Waals surface area contributed by atoms with Crippen LogP contribution in [0.15, 0.2) is 18.2 Å². The van der Waals surface area contributed by atoms with Crippen LogP contribution in [0.3, 0.4) is 0 Å². The fraction of sp³-hybridized carbons (Fsp3) is 0.417. The minimum absolute atomic E-state index is 0.0471. The molecule has 1 aromatic carbocycles. The molecule has 1 aromatic rings. The number of alkyl halides is 3. The molecule has 18 heavy (non-hydrogen) atoms. The van der Waals surface area contributed by atoms with E-state index in [2.05, 4.69) is 0 Å². The summed E-state index contributed by atoms with van der Waals surface area (Å²) in [5.41, 5.74) is -1.43. The van der Waals surface area contributed by atoms with Crippen LogP contribution in [0.5, 0.6) is 5.75 Å². The zero-order chi connectivity index (χ0) is 13.3. The molecule has 98 valence electrons. The molecule has 0 heterocycles. The smallest absolute Gasteiger partial charge is 0.416 e. The van der Waals surface area contributed by atoms with Gasteiger partial charge in [-0.2, -0.15) is 13.2 Å². The zero-order valence-electron chi connectivity index (χ0n) is 9.33. The molecule has 0 amide bonds. The van der Waals surface area contributed by atoms with E-state index < -0.39 is 23.3 Å². The largest absolute Gasteiger partial charge is 0.493 e. The molecule has 3 nitrogen and oxygen atoms in total. The molecule has 0 atom stereocenters. The predicted molar refractivity (Wildman–Crippen MR) is 56.6 cm³/mol. The van der Waals surface area contributed by atoms with Crippen molar-refractivity contribution in [3.63, 3.8) is 0 Å². The van der Waals surface area contributed by atoms with Crippen molar-refractivity contribution >= 4 is 5.97 Å². The van der Waals surface area contributed by atoms with Gasteiger partial charge in [0.05, 0.1) is 17.7 Å². The van der Waals surface area contributed by atoms with Crippen molar-refractivity contribution < 1.29 is 27.8 Å². The van der Waals surface area contributed by atoms with Gasteiger partial charge in [-0.25, -0.2) is 4.79 Å². The van der Waals surface area contributed by atoms with Gasteiger partial charge in [0.25, 0.3) is 0 Å². The van der Waals surface area contributed by atoms with E-state index >= 15 is 0 Å². The van der Waals surface area contributed by atoms with Gasteiger partial charge in [-0.1, -0.05) is 0 Å². The van der Waals surface area contributed by atoms with Crippen LogP contribution >= 0.6 is 0 Å². The Kier molecular flexibility index (Phi) is 3.19. The van der Waals surface area contributed by atoms with E-state index in [1.807, 2.05) is 0 Å². The summed E-state index contributed by atoms with van der Waals surface area (Å²) >= 11 is 0. The van der Waals surface area contributed by atoms with E-state index in [9.17, 15) is 18.0 Å². The second-order valence-electron chi connectivity index (χ2n) is 4.30. The number of halogens is 3. The molecule has 0 spiro atoms. The molecular formula is C12H11F3O3. The molecule has 1 aliphatic rings. The van der Waals surface area contributed by atoms with Crippen molar-refractivity contribution in [2.75, 3.05) is 6.61 Å². The summed E-state index contributed by atoms with van der Waals surface area (Å²) in [6.45, 7) is 0.334. The number of benzene rings is 1. The fourth-order valence-corrected chi connectivity index (χ4v) is 1.47. The highest BCUT2D eigenvalue weighted by molar-refractivity contribution is 5.88. The van der Waals surface area contributed by atoms with Crippen molar-refractivity contribution in [2.24, 2.45) is 5.92 Å². The van der Waals surface area contributed by atoms with Crippen molar-refractivity contribution in [2.45, 2.75) is 19.0 Å². The lowest BCUT2D eigenvalue weighted by molar-refractivity contribution is -0.137. The van der Waals surface area contributed by atoms with E-state index in [0.29, 0.717) is 18.6 Å². The summed E-state index contributed by atoms with van der Waals surface area (Å²) in [7, 11) is 0. The Morgan fingerprint density at radius 3 is 2.50 bits per heavy atom. The Morgan fingerprint density at radius 2 is 2.00 bits per heavy atom. The summed E-state index contributed by atoms with van der Waals surface area (Å²) in [5, 5.41) is 8.77. The number of carbonyl (C=O) groups is 1. The van der Waals surface area contributed by atoms with Crippen molar-refractivity contribution in [3.05, 3.63) is 29.3 Å². The van der Waals surface area contributed by atoms with Gasteiger partial charge in [0.1, 0.15) is 5.75 Å². The normalized spacial score (nSPS) is 15.5. The van der Waals surface area contributed by atoms with Crippen LogP contribution in [0, 0.1) is 5.92 Å². The Morgan fingerprint density at radius 1 is 1.33 bits per heavy atom. The number of ether oxygens (including phenoxy) is 1. The molecule has 1 N–H and O–H groups in total. The highest BCUT2D eigenvalue weighted by Gasteiger charge is 2.32. The lowest BCUT2D eigenvalue weighted by Crippen LogP contribution is -2.09. The second kappa shape index (κ2) is 4.51. The standard InChI is InChI=1S/C12H11F3O3/c13-12(14,15)9-3-8(11(16)17)4-10(5-9)18-6-7-1-2-7/h3-5,7H,1-2,6H2,(H,16,17). The van der Waals surface area contributed by atoms with E-state index in [1.54, 1.807) is 0 Å². The number of aromatic carboxylic acids is 1. The van der Waals surface area contributed by atoms with E-state index in [4.69, 9.17) is 9.84 Å². The van der Waals surface area contributed by atoms with E-state index in [-0.39, 0.29) is 5.75 Å². The summed E-state index contributed by atoms with van der Waals surface area (Å²) in [5.74, 6) is -1.07. The predicted octanol–water partition coefficient (Wildman–Crippen LogP) is 3.19. The molecule has 0 aromatic heterocycles. The maximum Gasteiger partial charge on any atom is 0.416 e. The fourth-order valence-electron chi connectivity index (χ4n) is 1.47. The quantitative estimate of drug-likeness (QED) is 0.904. The number of hydrogen-bond donors (Lipinski definition) is 1. The van der Waals surface area contributed by atoms with Crippen molar-refractivity contribution in [1.29, 1.82) is 0 Å². The third kappa shape index (κ3) is 3.15. The van der Waals surface area contributed by atoms with Gasteiger partial charge in [0, 0.05) is 0 Å². The Hall–Kier alpha value is -1.72. The third-order valence-corrected chi connectivity index (χ3v) is 2.66. The minimum atomic E-state index is -4.58. The van der Waals surface area contributed by atoms with Crippen LogP contribution in [0.25, 0.3) is 0 Å². The van der Waals surface area contributed by atoms with Crippen LogP contribution in [0.1, 0.15) is 28.8 Å². The average Bonchev–Trinajstić information content (AvgIpc) is 3.08. The molecule has 0 unspecified atom stereocenters. The maximum atomic E-state index is 12.6. The highest BCUT2D eigenvalue weighted by atomic mass is 19.4. The number of carboxylic acid groups (broad SMARTS) is 1. The minimum Gasteiger partial charge on any atom is -0.493 e. The molecule has 6 heteroatoms. The Balaban J connectivity index is 2.26. The number of carboxylic acids is 1. The molecule has 1 saturated carbocycles. The van der Waals surface area contributed by atoms with Crippen LogP contribution in [-0.4, -0.2) is 17.7 Å². The molecule has 1 aliphatic carbocycles. The van der Waals surface area contributed by atoms with Crippen LogP contribution in [-0.2, 0) is 6.18 Å². The van der Waals surface area contributed by atoms with Crippen LogP contribution in [0.2, 0.25) is 0 Å². The first kappa shape index (κ1) is 12.7. The number of hydrogen-bond acceptors (Lipinski definition) is 2. The first-order valence-electron chi connectivity index (χ1n) is 5.44. The van der Waals surface area contributed by atoms with E-state index in [0.717, 1.165) is 25.0 Å². The molecule has 0 bridgehead atoms. The zero-order valence-corrected chi connectivity index (χ0v) is 9.33. The van der Waals surface area contributed by atoms with E-state index in [1.165, 1.54) is 0 Å². The van der Waals surface area contributed by atoms with Gasteiger partial charge in [-0.3, -0.25) is 0 Å². The monoisotopic (exact) mass is 260 g/mol. The van der Waals surface area contributed by atoms with Crippen LogP contribution < -0.4 is 4.74 Å². The second-order valence-corrected chi connectivity index (χ2v) is 4.30. The molecule has 0 radical (unpaired) electrons. The highest BCUT2D eigenvalue weighted by Crippen LogP contribution is 2.34. The van der Waals surface area contributed by atoms with Crippen molar-refractivity contribution in [1.82, 2.24) is 0 Å².